The predicted octanol–water partition coefficient (Wildman–Crippen LogP) is 4.16. The first-order valence-electron chi connectivity index (χ1n) is 9.63. The standard InChI is InChI=1S/C22H22FNO4S/c1-13(25)15-5-7-20(17(23)10-15)29-12-21(26)24-22(14-2-3-14)16-4-6-18-19(11-16)28-9-8-27-18/h4-7,10-11,14,22H,2-3,8-9,12H2,1H3,(H,24,26). The van der Waals surface area contributed by atoms with Crippen molar-refractivity contribution in [3.8, 4) is 11.5 Å². The molecule has 0 spiro atoms. The molecule has 29 heavy (non-hydrogen) atoms. The monoisotopic (exact) mass is 415 g/mol. The largest absolute Gasteiger partial charge is 0.486 e. The van der Waals surface area contributed by atoms with Crippen LogP contribution in [-0.2, 0) is 4.79 Å². The Balaban J connectivity index is 1.40. The number of ether oxygens (including phenoxy) is 2. The number of benzene rings is 2. The number of fused-ring (bicyclic) bond motifs is 1. The highest BCUT2D eigenvalue weighted by molar-refractivity contribution is 8.00. The quantitative estimate of drug-likeness (QED) is 0.543. The number of carbonyl (C=O) groups is 2. The molecule has 1 fully saturated rings. The molecular formula is C22H22FNO4S. The summed E-state index contributed by atoms with van der Waals surface area (Å²) in [4.78, 5) is 24.2. The minimum absolute atomic E-state index is 0.0936. The van der Waals surface area contributed by atoms with Gasteiger partial charge < -0.3 is 14.8 Å². The van der Waals surface area contributed by atoms with Crippen molar-refractivity contribution in [2.75, 3.05) is 19.0 Å². The first kappa shape index (κ1) is 19.8. The van der Waals surface area contributed by atoms with Crippen LogP contribution in [0.2, 0.25) is 0 Å². The predicted molar refractivity (Wildman–Crippen MR) is 108 cm³/mol. The smallest absolute Gasteiger partial charge is 0.230 e. The van der Waals surface area contributed by atoms with Crippen LogP contribution in [0, 0.1) is 11.7 Å². The lowest BCUT2D eigenvalue weighted by atomic mass is 10.0. The Morgan fingerprint density at radius 1 is 1.14 bits per heavy atom. The number of hydrogen-bond donors (Lipinski definition) is 1. The van der Waals surface area contributed by atoms with E-state index >= 15 is 0 Å². The van der Waals surface area contributed by atoms with Gasteiger partial charge in [0.25, 0.3) is 0 Å². The maximum Gasteiger partial charge on any atom is 0.230 e. The van der Waals surface area contributed by atoms with Crippen molar-refractivity contribution in [3.63, 3.8) is 0 Å². The van der Waals surface area contributed by atoms with E-state index in [-0.39, 0.29) is 23.5 Å². The topological polar surface area (TPSA) is 64.6 Å². The summed E-state index contributed by atoms with van der Waals surface area (Å²) in [5.74, 6) is 1.10. The van der Waals surface area contributed by atoms with E-state index in [0.717, 1.165) is 35.9 Å². The van der Waals surface area contributed by atoms with Crippen LogP contribution in [-0.4, -0.2) is 30.7 Å². The van der Waals surface area contributed by atoms with Crippen molar-refractivity contribution >= 4 is 23.5 Å². The van der Waals surface area contributed by atoms with E-state index in [1.54, 1.807) is 12.1 Å². The van der Waals surface area contributed by atoms with Crippen LogP contribution in [0.3, 0.4) is 0 Å². The van der Waals surface area contributed by atoms with Crippen LogP contribution in [0.4, 0.5) is 4.39 Å². The molecule has 1 saturated carbocycles. The summed E-state index contributed by atoms with van der Waals surface area (Å²) in [6.07, 6.45) is 2.13. The maximum absolute atomic E-state index is 14.2. The molecule has 1 N–H and O–H groups in total. The first-order chi connectivity index (χ1) is 14.0. The number of ketones is 1. The fourth-order valence-electron chi connectivity index (χ4n) is 3.35. The summed E-state index contributed by atoms with van der Waals surface area (Å²) < 4.78 is 25.4. The van der Waals surface area contributed by atoms with E-state index in [9.17, 15) is 14.0 Å². The number of carbonyl (C=O) groups excluding carboxylic acids is 2. The average molecular weight is 415 g/mol. The van der Waals surface area contributed by atoms with Gasteiger partial charge in [0.15, 0.2) is 17.3 Å². The van der Waals surface area contributed by atoms with Crippen LogP contribution < -0.4 is 14.8 Å². The zero-order chi connectivity index (χ0) is 20.4. The van der Waals surface area contributed by atoms with Gasteiger partial charge in [-0.05, 0) is 55.5 Å². The van der Waals surface area contributed by atoms with Crippen molar-refractivity contribution in [2.24, 2.45) is 5.92 Å². The molecule has 1 heterocycles. The van der Waals surface area contributed by atoms with Gasteiger partial charge in [0.05, 0.1) is 11.8 Å². The molecule has 0 aromatic heterocycles. The zero-order valence-corrected chi connectivity index (χ0v) is 16.9. The van der Waals surface area contributed by atoms with Gasteiger partial charge in [-0.3, -0.25) is 9.59 Å². The molecule has 4 rings (SSSR count). The lowest BCUT2D eigenvalue weighted by molar-refractivity contribution is -0.119. The average Bonchev–Trinajstić information content (AvgIpc) is 3.56. The Kier molecular flexibility index (Phi) is 5.76. The van der Waals surface area contributed by atoms with Gasteiger partial charge in [-0.1, -0.05) is 12.1 Å². The molecule has 1 aliphatic carbocycles. The minimum atomic E-state index is -0.485. The van der Waals surface area contributed by atoms with Gasteiger partial charge in [-0.25, -0.2) is 4.39 Å². The molecule has 2 aromatic carbocycles. The summed E-state index contributed by atoms with van der Waals surface area (Å²) in [6.45, 7) is 2.45. The molecule has 0 saturated heterocycles. The Morgan fingerprint density at radius 3 is 2.59 bits per heavy atom. The summed E-state index contributed by atoms with van der Waals surface area (Å²) in [5, 5.41) is 3.09. The van der Waals surface area contributed by atoms with Crippen LogP contribution in [0.25, 0.3) is 0 Å². The fourth-order valence-corrected chi connectivity index (χ4v) is 4.08. The molecule has 0 bridgehead atoms. The second kappa shape index (κ2) is 8.45. The van der Waals surface area contributed by atoms with Crippen molar-refractivity contribution < 1.29 is 23.5 Å². The number of halogens is 1. The van der Waals surface area contributed by atoms with Crippen molar-refractivity contribution in [1.82, 2.24) is 5.32 Å². The first-order valence-corrected chi connectivity index (χ1v) is 10.6. The van der Waals surface area contributed by atoms with Gasteiger partial charge >= 0.3 is 0 Å². The molecule has 1 amide bonds. The number of rotatable bonds is 7. The molecule has 1 unspecified atom stereocenters. The van der Waals surface area contributed by atoms with E-state index in [4.69, 9.17) is 9.47 Å². The Bertz CT molecular complexity index is 944. The van der Waals surface area contributed by atoms with Gasteiger partial charge in [0.2, 0.25) is 5.91 Å². The summed E-state index contributed by atoms with van der Waals surface area (Å²) in [7, 11) is 0. The number of thioether (sulfide) groups is 1. The number of nitrogens with one attached hydrogen (secondary N) is 1. The second-order valence-corrected chi connectivity index (χ2v) is 8.29. The molecular weight excluding hydrogens is 393 g/mol. The van der Waals surface area contributed by atoms with Gasteiger partial charge in [0, 0.05) is 10.5 Å². The second-order valence-electron chi connectivity index (χ2n) is 7.28. The normalized spacial score (nSPS) is 16.2. The molecule has 152 valence electrons. The molecule has 5 nitrogen and oxygen atoms in total. The van der Waals surface area contributed by atoms with Crippen molar-refractivity contribution in [1.29, 1.82) is 0 Å². The lowest BCUT2D eigenvalue weighted by Crippen LogP contribution is -2.31. The third-order valence-electron chi connectivity index (χ3n) is 5.03. The Labute approximate surface area is 173 Å². The van der Waals surface area contributed by atoms with Crippen LogP contribution >= 0.6 is 11.8 Å². The fraction of sp³-hybridized carbons (Fsp3) is 0.364. The molecule has 0 radical (unpaired) electrons. The molecule has 2 aliphatic rings. The van der Waals surface area contributed by atoms with E-state index in [2.05, 4.69) is 5.32 Å². The SMILES string of the molecule is CC(=O)c1ccc(SCC(=O)NC(c2ccc3c(c2)OCCO3)C2CC2)c(F)c1. The molecule has 7 heteroatoms. The zero-order valence-electron chi connectivity index (χ0n) is 16.1. The molecule has 1 atom stereocenters. The number of amides is 1. The molecule has 2 aromatic rings. The van der Waals surface area contributed by atoms with Crippen LogP contribution in [0.15, 0.2) is 41.3 Å². The van der Waals surface area contributed by atoms with Gasteiger partial charge in [0.1, 0.15) is 19.0 Å². The van der Waals surface area contributed by atoms with Crippen molar-refractivity contribution in [2.45, 2.75) is 30.7 Å². The number of Topliss-reactive ketones (excluding diaryl/α,β-unsaturated/α-hetero) is 1. The third kappa shape index (κ3) is 4.72. The highest BCUT2D eigenvalue weighted by atomic mass is 32.2. The summed E-state index contributed by atoms with van der Waals surface area (Å²) in [5.41, 5.74) is 1.32. The minimum Gasteiger partial charge on any atom is -0.486 e. The summed E-state index contributed by atoms with van der Waals surface area (Å²) in [6, 6.07) is 10.0. The van der Waals surface area contributed by atoms with E-state index in [1.807, 2.05) is 18.2 Å². The highest BCUT2D eigenvalue weighted by Crippen LogP contribution is 2.43. The van der Waals surface area contributed by atoms with Crippen molar-refractivity contribution in [3.05, 3.63) is 53.3 Å². The van der Waals surface area contributed by atoms with E-state index in [0.29, 0.717) is 35.3 Å². The summed E-state index contributed by atoms with van der Waals surface area (Å²) >= 11 is 1.12. The highest BCUT2D eigenvalue weighted by Gasteiger charge is 2.34. The maximum atomic E-state index is 14.2. The van der Waals surface area contributed by atoms with E-state index in [1.165, 1.54) is 13.0 Å². The van der Waals surface area contributed by atoms with Gasteiger partial charge in [-0.2, -0.15) is 0 Å². The Morgan fingerprint density at radius 2 is 1.90 bits per heavy atom. The molecule has 1 aliphatic heterocycles. The lowest BCUT2D eigenvalue weighted by Gasteiger charge is -2.23. The van der Waals surface area contributed by atoms with E-state index < -0.39 is 5.82 Å². The van der Waals surface area contributed by atoms with Crippen LogP contribution in [0.1, 0.15) is 41.7 Å². The van der Waals surface area contributed by atoms with Gasteiger partial charge in [-0.15, -0.1) is 11.8 Å². The Hall–Kier alpha value is -2.54. The van der Waals surface area contributed by atoms with Crippen LogP contribution in [0.5, 0.6) is 11.5 Å². The number of hydrogen-bond acceptors (Lipinski definition) is 5. The third-order valence-corrected chi connectivity index (χ3v) is 6.08.